The Morgan fingerprint density at radius 1 is 1.12 bits per heavy atom. The molecule has 2 aromatic heterocycles. The molecule has 2 rings (SSSR count). The van der Waals surface area contributed by atoms with Crippen molar-refractivity contribution in [2.75, 3.05) is 0 Å². The summed E-state index contributed by atoms with van der Waals surface area (Å²) in [5.41, 5.74) is 0. The van der Waals surface area contributed by atoms with Crippen molar-refractivity contribution in [2.24, 2.45) is 0 Å². The van der Waals surface area contributed by atoms with Crippen LogP contribution in [0, 0.1) is 0 Å². The molecule has 84 valence electrons. The smallest absolute Gasteiger partial charge is 0.220 e. The van der Waals surface area contributed by atoms with Gasteiger partial charge in [-0.2, -0.15) is 0 Å². The van der Waals surface area contributed by atoms with Crippen LogP contribution in [0.25, 0.3) is 0 Å². The summed E-state index contributed by atoms with van der Waals surface area (Å²) in [6.45, 7) is 0.435. The molecule has 0 unspecified atom stereocenters. The second-order valence-corrected chi connectivity index (χ2v) is 3.44. The lowest BCUT2D eigenvalue weighted by Crippen LogP contribution is -2.22. The molecule has 0 radical (unpaired) electrons. The Morgan fingerprint density at radius 2 is 1.81 bits per heavy atom. The minimum atomic E-state index is -0.00667. The first-order valence-electron chi connectivity index (χ1n) is 5.16. The Morgan fingerprint density at radius 3 is 2.44 bits per heavy atom. The van der Waals surface area contributed by atoms with E-state index in [9.17, 15) is 4.79 Å². The van der Waals surface area contributed by atoms with Crippen LogP contribution in [0.5, 0.6) is 0 Å². The van der Waals surface area contributed by atoms with Crippen LogP contribution in [0.2, 0.25) is 0 Å². The molecule has 1 amide bonds. The van der Waals surface area contributed by atoms with Gasteiger partial charge in [-0.15, -0.1) is 0 Å². The molecule has 0 aliphatic heterocycles. The van der Waals surface area contributed by atoms with Crippen molar-refractivity contribution in [3.05, 3.63) is 48.3 Å². The first kappa shape index (κ1) is 10.5. The number of carbonyl (C=O) groups is 1. The quantitative estimate of drug-likeness (QED) is 0.838. The average molecular weight is 219 g/mol. The second-order valence-electron chi connectivity index (χ2n) is 3.44. The number of carbonyl (C=O) groups excluding carboxylic acids is 1. The summed E-state index contributed by atoms with van der Waals surface area (Å²) in [6.07, 6.45) is 4.24. The number of hydrogen-bond donors (Lipinski definition) is 1. The van der Waals surface area contributed by atoms with Crippen LogP contribution in [0.3, 0.4) is 0 Å². The Labute approximate surface area is 93.2 Å². The summed E-state index contributed by atoms with van der Waals surface area (Å²) in [4.78, 5) is 11.4. The van der Waals surface area contributed by atoms with E-state index in [1.165, 1.54) is 0 Å². The van der Waals surface area contributed by atoms with E-state index in [1.54, 1.807) is 18.6 Å². The van der Waals surface area contributed by atoms with E-state index in [0.29, 0.717) is 19.4 Å². The van der Waals surface area contributed by atoms with Gasteiger partial charge in [0.2, 0.25) is 5.91 Å². The summed E-state index contributed by atoms with van der Waals surface area (Å²) in [5.74, 6) is 1.58. The van der Waals surface area contributed by atoms with Crippen molar-refractivity contribution >= 4 is 5.91 Å². The van der Waals surface area contributed by atoms with Gasteiger partial charge in [-0.25, -0.2) is 0 Å². The number of nitrogens with one attached hydrogen (secondary N) is 1. The average Bonchev–Trinajstić information content (AvgIpc) is 2.96. The van der Waals surface area contributed by atoms with E-state index in [4.69, 9.17) is 8.83 Å². The summed E-state index contributed by atoms with van der Waals surface area (Å²) in [5, 5.41) is 2.77. The van der Waals surface area contributed by atoms with Crippen LogP contribution in [0.15, 0.2) is 45.6 Å². The second kappa shape index (κ2) is 5.21. The van der Waals surface area contributed by atoms with Crippen LogP contribution in [0.1, 0.15) is 17.9 Å². The van der Waals surface area contributed by atoms with Crippen LogP contribution in [0.4, 0.5) is 0 Å². The van der Waals surface area contributed by atoms with E-state index in [0.717, 1.165) is 11.5 Å². The molecule has 0 fully saturated rings. The molecule has 0 spiro atoms. The first-order valence-corrected chi connectivity index (χ1v) is 5.16. The van der Waals surface area contributed by atoms with Crippen molar-refractivity contribution < 1.29 is 13.6 Å². The maximum atomic E-state index is 11.4. The van der Waals surface area contributed by atoms with Gasteiger partial charge in [0, 0.05) is 12.8 Å². The van der Waals surface area contributed by atoms with Gasteiger partial charge in [0.25, 0.3) is 0 Å². The lowest BCUT2D eigenvalue weighted by atomic mass is 10.2. The molecule has 0 aromatic carbocycles. The van der Waals surface area contributed by atoms with Gasteiger partial charge in [-0.05, 0) is 24.3 Å². The molecule has 4 nitrogen and oxygen atoms in total. The Bertz CT molecular complexity index is 377. The predicted octanol–water partition coefficient (Wildman–Crippen LogP) is 2.12. The number of rotatable bonds is 5. The number of hydrogen-bond acceptors (Lipinski definition) is 3. The highest BCUT2D eigenvalue weighted by molar-refractivity contribution is 5.75. The molecule has 0 saturated carbocycles. The Kier molecular flexibility index (Phi) is 3.43. The van der Waals surface area contributed by atoms with Crippen molar-refractivity contribution in [1.29, 1.82) is 0 Å². The minimum absolute atomic E-state index is 0.00667. The van der Waals surface area contributed by atoms with Gasteiger partial charge in [0.05, 0.1) is 19.1 Å². The monoisotopic (exact) mass is 219 g/mol. The number of furan rings is 2. The fraction of sp³-hybridized carbons (Fsp3) is 0.250. The first-order chi connectivity index (χ1) is 7.84. The third kappa shape index (κ3) is 3.02. The zero-order valence-corrected chi connectivity index (χ0v) is 8.81. The lowest BCUT2D eigenvalue weighted by molar-refractivity contribution is -0.121. The SMILES string of the molecule is O=C(CCc1ccco1)NCc1ccco1. The van der Waals surface area contributed by atoms with Crippen molar-refractivity contribution in [3.8, 4) is 0 Å². The lowest BCUT2D eigenvalue weighted by Gasteiger charge is -2.01. The van der Waals surface area contributed by atoms with Crippen LogP contribution >= 0.6 is 0 Å². The molecule has 0 bridgehead atoms. The minimum Gasteiger partial charge on any atom is -0.469 e. The van der Waals surface area contributed by atoms with Crippen molar-refractivity contribution in [2.45, 2.75) is 19.4 Å². The van der Waals surface area contributed by atoms with Gasteiger partial charge < -0.3 is 14.2 Å². The van der Waals surface area contributed by atoms with E-state index < -0.39 is 0 Å². The summed E-state index contributed by atoms with van der Waals surface area (Å²) in [6, 6.07) is 7.30. The highest BCUT2D eigenvalue weighted by Gasteiger charge is 2.04. The molecule has 0 aliphatic rings. The highest BCUT2D eigenvalue weighted by atomic mass is 16.3. The van der Waals surface area contributed by atoms with E-state index in [2.05, 4.69) is 5.32 Å². The fourth-order valence-corrected chi connectivity index (χ4v) is 1.38. The Hall–Kier alpha value is -1.97. The van der Waals surface area contributed by atoms with Crippen LogP contribution in [-0.4, -0.2) is 5.91 Å². The van der Waals surface area contributed by atoms with E-state index in [-0.39, 0.29) is 5.91 Å². The maximum Gasteiger partial charge on any atom is 0.220 e. The summed E-state index contributed by atoms with van der Waals surface area (Å²) in [7, 11) is 0. The summed E-state index contributed by atoms with van der Waals surface area (Å²) < 4.78 is 10.2. The fourth-order valence-electron chi connectivity index (χ4n) is 1.38. The molecule has 0 saturated heterocycles. The van der Waals surface area contributed by atoms with Crippen molar-refractivity contribution in [1.82, 2.24) is 5.32 Å². The van der Waals surface area contributed by atoms with E-state index in [1.807, 2.05) is 18.2 Å². The van der Waals surface area contributed by atoms with Gasteiger partial charge in [0.1, 0.15) is 11.5 Å². The topological polar surface area (TPSA) is 55.4 Å². The molecule has 4 heteroatoms. The molecule has 0 atom stereocenters. The molecule has 0 aliphatic carbocycles. The molecular formula is C12H13NO3. The van der Waals surface area contributed by atoms with Crippen LogP contribution in [-0.2, 0) is 17.8 Å². The normalized spacial score (nSPS) is 10.2. The number of amides is 1. The van der Waals surface area contributed by atoms with Gasteiger partial charge in [0.15, 0.2) is 0 Å². The molecular weight excluding hydrogens is 206 g/mol. The van der Waals surface area contributed by atoms with Gasteiger partial charge in [-0.1, -0.05) is 0 Å². The third-order valence-corrected chi connectivity index (χ3v) is 2.22. The van der Waals surface area contributed by atoms with Gasteiger partial charge >= 0.3 is 0 Å². The highest BCUT2D eigenvalue weighted by Crippen LogP contribution is 2.04. The molecule has 2 heterocycles. The van der Waals surface area contributed by atoms with Crippen molar-refractivity contribution in [3.63, 3.8) is 0 Å². The molecule has 1 N–H and O–H groups in total. The Balaban J connectivity index is 1.69. The zero-order chi connectivity index (χ0) is 11.2. The van der Waals surface area contributed by atoms with Gasteiger partial charge in [-0.3, -0.25) is 4.79 Å². The van der Waals surface area contributed by atoms with E-state index >= 15 is 0 Å². The number of aryl methyl sites for hydroxylation is 1. The maximum absolute atomic E-state index is 11.4. The predicted molar refractivity (Wildman–Crippen MR) is 57.6 cm³/mol. The molecule has 2 aromatic rings. The zero-order valence-electron chi connectivity index (χ0n) is 8.81. The third-order valence-electron chi connectivity index (χ3n) is 2.22. The summed E-state index contributed by atoms with van der Waals surface area (Å²) >= 11 is 0. The van der Waals surface area contributed by atoms with Crippen LogP contribution < -0.4 is 5.32 Å². The molecule has 16 heavy (non-hydrogen) atoms. The standard InChI is InChI=1S/C12H13NO3/c14-12(6-5-10-3-1-7-15-10)13-9-11-4-2-8-16-11/h1-4,7-8H,5-6,9H2,(H,13,14). The largest absolute Gasteiger partial charge is 0.469 e.